The molecule has 0 aromatic heterocycles. The Hall–Kier alpha value is -1.67. The van der Waals surface area contributed by atoms with Gasteiger partial charge in [-0.05, 0) is 43.0 Å². The lowest BCUT2D eigenvalue weighted by atomic mass is 9.79. The van der Waals surface area contributed by atoms with E-state index >= 15 is 0 Å². The molecule has 0 saturated heterocycles. The van der Waals surface area contributed by atoms with Crippen LogP contribution >= 0.6 is 0 Å². The zero-order valence-corrected chi connectivity index (χ0v) is 11.7. The molecule has 0 aliphatic heterocycles. The fraction of sp³-hybridized carbons (Fsp3) is 0.294. The molecule has 0 saturated carbocycles. The third-order valence-corrected chi connectivity index (χ3v) is 3.72. The van der Waals surface area contributed by atoms with Crippen molar-refractivity contribution in [3.05, 3.63) is 70.5 Å². The first kappa shape index (κ1) is 13.8. The summed E-state index contributed by atoms with van der Waals surface area (Å²) >= 11 is 0. The van der Waals surface area contributed by atoms with Crippen LogP contribution in [0.2, 0.25) is 0 Å². The van der Waals surface area contributed by atoms with E-state index in [0.717, 1.165) is 16.7 Å². The lowest BCUT2D eigenvalue weighted by Crippen LogP contribution is -2.39. The van der Waals surface area contributed by atoms with E-state index in [9.17, 15) is 4.39 Å². The van der Waals surface area contributed by atoms with Gasteiger partial charge in [-0.3, -0.25) is 0 Å². The molecule has 1 unspecified atom stereocenters. The lowest BCUT2D eigenvalue weighted by molar-refractivity contribution is 0.476. The molecular formula is C17H20FN. The first-order chi connectivity index (χ1) is 8.99. The number of rotatable bonds is 3. The fourth-order valence-electron chi connectivity index (χ4n) is 2.74. The molecule has 1 nitrogen and oxygen atoms in total. The summed E-state index contributed by atoms with van der Waals surface area (Å²) in [5.74, 6) is -0.217. The van der Waals surface area contributed by atoms with E-state index in [1.54, 1.807) is 6.07 Å². The first-order valence-electron chi connectivity index (χ1n) is 6.60. The lowest BCUT2D eigenvalue weighted by Gasteiger charge is -2.31. The van der Waals surface area contributed by atoms with Crippen molar-refractivity contribution in [3.8, 4) is 0 Å². The normalized spacial score (nSPS) is 14.2. The second kappa shape index (κ2) is 5.14. The van der Waals surface area contributed by atoms with Crippen molar-refractivity contribution in [1.82, 2.24) is 0 Å². The molecule has 2 rings (SSSR count). The van der Waals surface area contributed by atoms with Gasteiger partial charge in [-0.2, -0.15) is 0 Å². The van der Waals surface area contributed by atoms with Gasteiger partial charge in [0.15, 0.2) is 0 Å². The highest BCUT2D eigenvalue weighted by Gasteiger charge is 2.31. The second-order valence-corrected chi connectivity index (χ2v) is 5.13. The van der Waals surface area contributed by atoms with Crippen molar-refractivity contribution in [3.63, 3.8) is 0 Å². The summed E-state index contributed by atoms with van der Waals surface area (Å²) in [6.07, 6.45) is 0.651. The van der Waals surface area contributed by atoms with Crippen molar-refractivity contribution in [2.45, 2.75) is 32.7 Å². The van der Waals surface area contributed by atoms with Crippen molar-refractivity contribution in [2.24, 2.45) is 5.73 Å². The third kappa shape index (κ3) is 2.41. The Labute approximate surface area is 114 Å². The maximum absolute atomic E-state index is 14.4. The maximum atomic E-state index is 14.4. The van der Waals surface area contributed by atoms with E-state index < -0.39 is 5.54 Å². The van der Waals surface area contributed by atoms with Crippen LogP contribution in [0.4, 0.5) is 4.39 Å². The molecule has 19 heavy (non-hydrogen) atoms. The van der Waals surface area contributed by atoms with Gasteiger partial charge in [0.05, 0.1) is 5.54 Å². The standard InChI is InChI=1S/C17H20FN/c1-4-17(19,14-8-6-5-7-9-14)16-13(3)10-12(2)11-15(16)18/h5-11H,4,19H2,1-3H3. The van der Waals surface area contributed by atoms with Crippen LogP contribution in [0.1, 0.15) is 35.6 Å². The molecule has 1 atom stereocenters. The smallest absolute Gasteiger partial charge is 0.129 e. The largest absolute Gasteiger partial charge is 0.318 e. The average molecular weight is 257 g/mol. The fourth-order valence-corrected chi connectivity index (χ4v) is 2.74. The molecule has 0 heterocycles. The zero-order chi connectivity index (χ0) is 14.0. The topological polar surface area (TPSA) is 26.0 Å². The summed E-state index contributed by atoms with van der Waals surface area (Å²) in [7, 11) is 0. The third-order valence-electron chi connectivity index (χ3n) is 3.72. The van der Waals surface area contributed by atoms with Crippen LogP contribution < -0.4 is 5.73 Å². The highest BCUT2D eigenvalue weighted by Crippen LogP contribution is 2.34. The average Bonchev–Trinajstić information content (AvgIpc) is 2.38. The number of halogens is 1. The molecule has 2 aromatic rings. The molecular weight excluding hydrogens is 237 g/mol. The molecule has 2 heteroatoms. The summed E-state index contributed by atoms with van der Waals surface area (Å²) in [6, 6.07) is 13.3. The van der Waals surface area contributed by atoms with Gasteiger partial charge in [-0.1, -0.05) is 43.3 Å². The number of aryl methyl sites for hydroxylation is 2. The van der Waals surface area contributed by atoms with Crippen molar-refractivity contribution in [2.75, 3.05) is 0 Å². The van der Waals surface area contributed by atoms with Crippen LogP contribution in [0.3, 0.4) is 0 Å². The molecule has 0 spiro atoms. The summed E-state index contributed by atoms with van der Waals surface area (Å²) in [5.41, 5.74) is 9.16. The summed E-state index contributed by atoms with van der Waals surface area (Å²) in [5, 5.41) is 0. The van der Waals surface area contributed by atoms with Crippen LogP contribution in [0.15, 0.2) is 42.5 Å². The Kier molecular flexibility index (Phi) is 3.72. The van der Waals surface area contributed by atoms with Crippen LogP contribution in [0.5, 0.6) is 0 Å². The molecule has 0 radical (unpaired) electrons. The van der Waals surface area contributed by atoms with Crippen LogP contribution in [-0.2, 0) is 5.54 Å². The van der Waals surface area contributed by atoms with Gasteiger partial charge in [0.1, 0.15) is 5.82 Å². The van der Waals surface area contributed by atoms with Crippen LogP contribution in [0.25, 0.3) is 0 Å². The first-order valence-corrected chi connectivity index (χ1v) is 6.60. The molecule has 0 bridgehead atoms. The maximum Gasteiger partial charge on any atom is 0.129 e. The van der Waals surface area contributed by atoms with E-state index in [2.05, 4.69) is 0 Å². The number of benzene rings is 2. The Balaban J connectivity index is 2.66. The SMILES string of the molecule is CCC(N)(c1ccccc1)c1c(C)cc(C)cc1F. The Morgan fingerprint density at radius 1 is 1.11 bits per heavy atom. The van der Waals surface area contributed by atoms with Crippen molar-refractivity contribution in [1.29, 1.82) is 0 Å². The molecule has 0 amide bonds. The van der Waals surface area contributed by atoms with Gasteiger partial charge in [0.2, 0.25) is 0 Å². The van der Waals surface area contributed by atoms with Crippen molar-refractivity contribution < 1.29 is 4.39 Å². The summed E-state index contributed by atoms with van der Waals surface area (Å²) < 4.78 is 14.4. The Morgan fingerprint density at radius 2 is 1.74 bits per heavy atom. The Bertz CT molecular complexity index is 554. The highest BCUT2D eigenvalue weighted by atomic mass is 19.1. The molecule has 0 fully saturated rings. The van der Waals surface area contributed by atoms with E-state index in [1.165, 1.54) is 0 Å². The molecule has 100 valence electrons. The van der Waals surface area contributed by atoms with Gasteiger partial charge in [-0.25, -0.2) is 4.39 Å². The predicted molar refractivity (Wildman–Crippen MR) is 77.6 cm³/mol. The number of hydrogen-bond donors (Lipinski definition) is 1. The van der Waals surface area contributed by atoms with Gasteiger partial charge >= 0.3 is 0 Å². The Morgan fingerprint density at radius 3 is 2.26 bits per heavy atom. The molecule has 2 N–H and O–H groups in total. The summed E-state index contributed by atoms with van der Waals surface area (Å²) in [6.45, 7) is 5.81. The summed E-state index contributed by atoms with van der Waals surface area (Å²) in [4.78, 5) is 0. The van der Waals surface area contributed by atoms with E-state index in [-0.39, 0.29) is 5.82 Å². The number of nitrogens with two attached hydrogens (primary N) is 1. The van der Waals surface area contributed by atoms with Crippen molar-refractivity contribution >= 4 is 0 Å². The van der Waals surface area contributed by atoms with Gasteiger partial charge in [0, 0.05) is 5.56 Å². The van der Waals surface area contributed by atoms with Gasteiger partial charge in [-0.15, -0.1) is 0 Å². The zero-order valence-electron chi connectivity index (χ0n) is 11.7. The molecule has 2 aromatic carbocycles. The van der Waals surface area contributed by atoms with Crippen LogP contribution in [-0.4, -0.2) is 0 Å². The number of hydrogen-bond acceptors (Lipinski definition) is 1. The predicted octanol–water partition coefficient (Wildman–Crippen LogP) is 4.05. The minimum absolute atomic E-state index is 0.217. The van der Waals surface area contributed by atoms with E-state index in [4.69, 9.17) is 5.73 Å². The molecule has 0 aliphatic rings. The highest BCUT2D eigenvalue weighted by molar-refractivity contribution is 5.44. The minimum atomic E-state index is -0.775. The molecule has 0 aliphatic carbocycles. The monoisotopic (exact) mass is 257 g/mol. The van der Waals surface area contributed by atoms with Crippen LogP contribution in [0, 0.1) is 19.7 Å². The van der Waals surface area contributed by atoms with E-state index in [1.807, 2.05) is 57.2 Å². The van der Waals surface area contributed by atoms with Gasteiger partial charge in [0.25, 0.3) is 0 Å². The quantitative estimate of drug-likeness (QED) is 0.881. The minimum Gasteiger partial charge on any atom is -0.318 e. The van der Waals surface area contributed by atoms with E-state index in [0.29, 0.717) is 12.0 Å². The van der Waals surface area contributed by atoms with Gasteiger partial charge < -0.3 is 5.73 Å². The second-order valence-electron chi connectivity index (χ2n) is 5.13.